The third kappa shape index (κ3) is 2.92. The molecule has 1 aliphatic carbocycles. The highest BCUT2D eigenvalue weighted by molar-refractivity contribution is 6.31. The molecule has 0 unspecified atom stereocenters. The van der Waals surface area contributed by atoms with Gasteiger partial charge >= 0.3 is 0 Å². The second-order valence-electron chi connectivity index (χ2n) is 6.69. The zero-order valence-corrected chi connectivity index (χ0v) is 15.0. The van der Waals surface area contributed by atoms with E-state index in [-0.39, 0.29) is 24.5 Å². The zero-order valence-electron chi connectivity index (χ0n) is 14.2. The second-order valence-corrected chi connectivity index (χ2v) is 7.09. The summed E-state index contributed by atoms with van der Waals surface area (Å²) >= 11 is 6.25. The molecular weight excluding hydrogens is 366 g/mol. The van der Waals surface area contributed by atoms with Crippen molar-refractivity contribution >= 4 is 23.3 Å². The average Bonchev–Trinajstić information content (AvgIpc) is 3.10. The summed E-state index contributed by atoms with van der Waals surface area (Å²) in [5.74, 6) is 2.02. The van der Waals surface area contributed by atoms with E-state index in [9.17, 15) is 4.79 Å². The number of hydrogen-bond acceptors (Lipinski definition) is 4. The quantitative estimate of drug-likeness (QED) is 0.710. The van der Waals surface area contributed by atoms with Gasteiger partial charge in [-0.25, -0.2) is 0 Å². The van der Waals surface area contributed by atoms with Crippen LogP contribution in [0.1, 0.15) is 17.9 Å². The minimum absolute atomic E-state index is 0.0360. The first-order valence-electron chi connectivity index (χ1n) is 8.69. The summed E-state index contributed by atoms with van der Waals surface area (Å²) in [6, 6.07) is 13.3. The standard InChI is InChI=1S/C20H16ClN3O3/c21-16-4-2-1-3-12(16)13-8-14(13)20(25)23-19-15(9-22-24-19)11-5-6-17-18(7-11)27-10-26-17/h1-7,9,13-14H,8,10H2,(H2,22,23,24,25)/t13-,14-/m0/s1. The summed E-state index contributed by atoms with van der Waals surface area (Å²) in [5.41, 5.74) is 2.72. The number of benzene rings is 2. The van der Waals surface area contributed by atoms with Gasteiger partial charge in [-0.05, 0) is 41.7 Å². The molecule has 2 aliphatic rings. The fourth-order valence-electron chi connectivity index (χ4n) is 3.48. The van der Waals surface area contributed by atoms with Crippen molar-refractivity contribution in [1.29, 1.82) is 0 Å². The molecule has 7 heteroatoms. The van der Waals surface area contributed by atoms with Crippen molar-refractivity contribution in [1.82, 2.24) is 10.2 Å². The molecule has 2 aromatic carbocycles. The number of hydrogen-bond donors (Lipinski definition) is 2. The molecular formula is C20H16ClN3O3. The van der Waals surface area contributed by atoms with E-state index in [0.29, 0.717) is 22.3 Å². The van der Waals surface area contributed by atoms with Gasteiger partial charge in [0.2, 0.25) is 12.7 Å². The summed E-state index contributed by atoms with van der Waals surface area (Å²) < 4.78 is 10.8. The van der Waals surface area contributed by atoms with Crippen molar-refractivity contribution < 1.29 is 14.3 Å². The molecule has 6 nitrogen and oxygen atoms in total. The van der Waals surface area contributed by atoms with Crippen LogP contribution < -0.4 is 14.8 Å². The number of halogens is 1. The monoisotopic (exact) mass is 381 g/mol. The van der Waals surface area contributed by atoms with Gasteiger partial charge in [-0.15, -0.1) is 0 Å². The number of anilines is 1. The van der Waals surface area contributed by atoms with Crippen LogP contribution in [0.25, 0.3) is 11.1 Å². The number of fused-ring (bicyclic) bond motifs is 1. The van der Waals surface area contributed by atoms with E-state index in [2.05, 4.69) is 15.5 Å². The van der Waals surface area contributed by atoms with Gasteiger partial charge in [0.15, 0.2) is 11.5 Å². The smallest absolute Gasteiger partial charge is 0.231 e. The largest absolute Gasteiger partial charge is 0.454 e. The SMILES string of the molecule is O=C(Nc1[nH]ncc1-c1ccc2c(c1)OCO2)[C@H]1C[C@H]1c1ccccc1Cl. The Morgan fingerprint density at radius 1 is 1.19 bits per heavy atom. The van der Waals surface area contributed by atoms with Crippen molar-refractivity contribution in [2.75, 3.05) is 12.1 Å². The Labute approximate surface area is 160 Å². The van der Waals surface area contributed by atoms with Crippen LogP contribution in [-0.4, -0.2) is 22.9 Å². The Hall–Kier alpha value is -2.99. The Kier molecular flexibility index (Phi) is 3.79. The fraction of sp³-hybridized carbons (Fsp3) is 0.200. The van der Waals surface area contributed by atoms with Crippen molar-refractivity contribution in [3.05, 3.63) is 59.2 Å². The topological polar surface area (TPSA) is 76.2 Å². The van der Waals surface area contributed by atoms with Crippen molar-refractivity contribution in [3.8, 4) is 22.6 Å². The second kappa shape index (κ2) is 6.32. The maximum atomic E-state index is 12.7. The highest BCUT2D eigenvalue weighted by atomic mass is 35.5. The molecule has 5 rings (SSSR count). The van der Waals surface area contributed by atoms with Gasteiger partial charge in [0, 0.05) is 16.5 Å². The number of nitrogens with one attached hydrogen (secondary N) is 2. The molecule has 3 aromatic rings. The Bertz CT molecular complexity index is 1030. The van der Waals surface area contributed by atoms with Crippen molar-refractivity contribution in [2.45, 2.75) is 12.3 Å². The Morgan fingerprint density at radius 2 is 2.04 bits per heavy atom. The third-order valence-corrected chi connectivity index (χ3v) is 5.35. The normalized spacial score (nSPS) is 19.7. The lowest BCUT2D eigenvalue weighted by molar-refractivity contribution is -0.117. The summed E-state index contributed by atoms with van der Waals surface area (Å²) in [4.78, 5) is 12.7. The Balaban J connectivity index is 1.34. The lowest BCUT2D eigenvalue weighted by Gasteiger charge is -2.07. The Morgan fingerprint density at radius 3 is 2.93 bits per heavy atom. The van der Waals surface area contributed by atoms with Crippen LogP contribution in [0.5, 0.6) is 11.5 Å². The van der Waals surface area contributed by atoms with E-state index in [4.69, 9.17) is 21.1 Å². The zero-order chi connectivity index (χ0) is 18.4. The van der Waals surface area contributed by atoms with Gasteiger partial charge in [-0.3, -0.25) is 9.89 Å². The first-order chi connectivity index (χ1) is 13.2. The summed E-state index contributed by atoms with van der Waals surface area (Å²) in [7, 11) is 0. The van der Waals surface area contributed by atoms with E-state index in [1.54, 1.807) is 6.20 Å². The molecule has 0 saturated heterocycles. The number of nitrogens with zero attached hydrogens (tertiary/aromatic N) is 1. The maximum Gasteiger partial charge on any atom is 0.231 e. The van der Waals surface area contributed by atoms with E-state index in [0.717, 1.165) is 23.1 Å². The van der Waals surface area contributed by atoms with Crippen LogP contribution in [0.4, 0.5) is 5.82 Å². The lowest BCUT2D eigenvalue weighted by atomic mass is 10.1. The summed E-state index contributed by atoms with van der Waals surface area (Å²) in [6.07, 6.45) is 2.48. The molecule has 2 N–H and O–H groups in total. The first-order valence-corrected chi connectivity index (χ1v) is 9.07. The first kappa shape index (κ1) is 16.2. The number of amides is 1. The number of H-pyrrole nitrogens is 1. The third-order valence-electron chi connectivity index (χ3n) is 5.00. The van der Waals surface area contributed by atoms with E-state index < -0.39 is 0 Å². The van der Waals surface area contributed by atoms with Crippen LogP contribution in [0, 0.1) is 5.92 Å². The lowest BCUT2D eigenvalue weighted by Crippen LogP contribution is -2.15. The van der Waals surface area contributed by atoms with Gasteiger partial charge in [-0.1, -0.05) is 35.9 Å². The predicted octanol–water partition coefficient (Wildman–Crippen LogP) is 4.20. The number of ether oxygens (including phenoxy) is 2. The van der Waals surface area contributed by atoms with Crippen molar-refractivity contribution in [2.24, 2.45) is 5.92 Å². The van der Waals surface area contributed by atoms with Crippen LogP contribution in [-0.2, 0) is 4.79 Å². The minimum Gasteiger partial charge on any atom is -0.454 e. The summed E-state index contributed by atoms with van der Waals surface area (Å²) in [6.45, 7) is 0.221. The molecule has 1 aliphatic heterocycles. The van der Waals surface area contributed by atoms with Crippen LogP contribution in [0.3, 0.4) is 0 Å². The molecule has 2 atom stereocenters. The van der Waals surface area contributed by atoms with Crippen molar-refractivity contribution in [3.63, 3.8) is 0 Å². The fourth-order valence-corrected chi connectivity index (χ4v) is 3.76. The van der Waals surface area contributed by atoms with E-state index in [1.165, 1.54) is 0 Å². The molecule has 2 heterocycles. The van der Waals surface area contributed by atoms with Gasteiger partial charge in [0.1, 0.15) is 5.82 Å². The molecule has 27 heavy (non-hydrogen) atoms. The highest BCUT2D eigenvalue weighted by Gasteiger charge is 2.45. The number of aromatic amines is 1. The molecule has 0 radical (unpaired) electrons. The highest BCUT2D eigenvalue weighted by Crippen LogP contribution is 2.50. The molecule has 136 valence electrons. The van der Waals surface area contributed by atoms with Gasteiger partial charge in [0.25, 0.3) is 0 Å². The minimum atomic E-state index is -0.0854. The maximum absolute atomic E-state index is 12.7. The molecule has 1 amide bonds. The summed E-state index contributed by atoms with van der Waals surface area (Å²) in [5, 5.41) is 10.6. The van der Waals surface area contributed by atoms with Gasteiger partial charge in [-0.2, -0.15) is 5.10 Å². The van der Waals surface area contributed by atoms with E-state index >= 15 is 0 Å². The van der Waals surface area contributed by atoms with Crippen LogP contribution in [0.15, 0.2) is 48.7 Å². The predicted molar refractivity (Wildman–Crippen MR) is 101 cm³/mol. The number of aromatic nitrogens is 2. The van der Waals surface area contributed by atoms with Crippen LogP contribution >= 0.6 is 11.6 Å². The molecule has 1 saturated carbocycles. The number of rotatable bonds is 4. The average molecular weight is 382 g/mol. The molecule has 1 aromatic heterocycles. The molecule has 0 spiro atoms. The molecule has 1 fully saturated rings. The van der Waals surface area contributed by atoms with Gasteiger partial charge < -0.3 is 14.8 Å². The number of carbonyl (C=O) groups excluding carboxylic acids is 1. The van der Waals surface area contributed by atoms with Gasteiger partial charge in [0.05, 0.1) is 6.20 Å². The van der Waals surface area contributed by atoms with Crippen LogP contribution in [0.2, 0.25) is 5.02 Å². The number of carbonyl (C=O) groups is 1. The molecule has 0 bridgehead atoms. The van der Waals surface area contributed by atoms with E-state index in [1.807, 2.05) is 42.5 Å².